The fourth-order valence-electron chi connectivity index (χ4n) is 4.34. The molecular formula is C18H35NO. The van der Waals surface area contributed by atoms with E-state index in [0.29, 0.717) is 6.61 Å². The first-order chi connectivity index (χ1) is 9.62. The van der Waals surface area contributed by atoms with Crippen LogP contribution in [0.2, 0.25) is 0 Å². The summed E-state index contributed by atoms with van der Waals surface area (Å²) in [6.45, 7) is 5.91. The largest absolute Gasteiger partial charge is 0.396 e. The van der Waals surface area contributed by atoms with Gasteiger partial charge in [-0.25, -0.2) is 0 Å². The molecule has 0 spiro atoms. The zero-order valence-corrected chi connectivity index (χ0v) is 13.7. The van der Waals surface area contributed by atoms with E-state index in [4.69, 9.17) is 5.11 Å². The fourth-order valence-corrected chi connectivity index (χ4v) is 4.34. The van der Waals surface area contributed by atoms with Crippen molar-refractivity contribution in [3.8, 4) is 0 Å². The number of hydrogen-bond donors (Lipinski definition) is 2. The van der Waals surface area contributed by atoms with E-state index in [1.54, 1.807) is 0 Å². The van der Waals surface area contributed by atoms with Crippen LogP contribution >= 0.6 is 0 Å². The highest BCUT2D eigenvalue weighted by Gasteiger charge is 2.33. The van der Waals surface area contributed by atoms with Crippen LogP contribution in [0.15, 0.2) is 0 Å². The van der Waals surface area contributed by atoms with Gasteiger partial charge in [0.2, 0.25) is 0 Å². The summed E-state index contributed by atoms with van der Waals surface area (Å²) in [6.07, 6.45) is 13.9. The minimum atomic E-state index is 0.226. The van der Waals surface area contributed by atoms with Crippen molar-refractivity contribution in [1.82, 2.24) is 5.32 Å². The second-order valence-corrected chi connectivity index (χ2v) is 7.97. The lowest BCUT2D eigenvalue weighted by atomic mass is 9.70. The summed E-state index contributed by atoms with van der Waals surface area (Å²) in [4.78, 5) is 0. The average Bonchev–Trinajstić information content (AvgIpc) is 2.46. The predicted octanol–water partition coefficient (Wildman–Crippen LogP) is 4.12. The van der Waals surface area contributed by atoms with Crippen LogP contribution in [0.25, 0.3) is 0 Å². The maximum absolute atomic E-state index is 9.17. The molecule has 0 aliphatic heterocycles. The first kappa shape index (κ1) is 16.3. The number of rotatable bonds is 6. The van der Waals surface area contributed by atoms with E-state index in [-0.39, 0.29) is 5.41 Å². The van der Waals surface area contributed by atoms with Gasteiger partial charge in [0, 0.05) is 19.2 Å². The van der Waals surface area contributed by atoms with Crippen molar-refractivity contribution in [2.45, 2.75) is 84.1 Å². The van der Waals surface area contributed by atoms with E-state index in [1.807, 2.05) is 0 Å². The normalized spacial score (nSPS) is 29.6. The molecule has 2 atom stereocenters. The summed E-state index contributed by atoms with van der Waals surface area (Å²) >= 11 is 0. The molecule has 0 aromatic heterocycles. The summed E-state index contributed by atoms with van der Waals surface area (Å²) in [5.74, 6) is 1.91. The minimum absolute atomic E-state index is 0.226. The molecule has 2 unspecified atom stereocenters. The molecule has 20 heavy (non-hydrogen) atoms. The lowest BCUT2D eigenvalue weighted by molar-refractivity contribution is 0.133. The lowest BCUT2D eigenvalue weighted by Gasteiger charge is -2.41. The first-order valence-corrected chi connectivity index (χ1v) is 8.97. The highest BCUT2D eigenvalue weighted by molar-refractivity contribution is 4.88. The molecule has 2 N–H and O–H groups in total. The van der Waals surface area contributed by atoms with Gasteiger partial charge in [-0.15, -0.1) is 0 Å². The Morgan fingerprint density at radius 2 is 1.60 bits per heavy atom. The molecule has 0 amide bonds. The molecule has 2 fully saturated rings. The molecule has 118 valence electrons. The monoisotopic (exact) mass is 281 g/mol. The van der Waals surface area contributed by atoms with Crippen molar-refractivity contribution >= 4 is 0 Å². The minimum Gasteiger partial charge on any atom is -0.396 e. The number of hydrogen-bond acceptors (Lipinski definition) is 2. The molecule has 2 aliphatic rings. The number of nitrogens with one attached hydrogen (secondary N) is 1. The molecule has 0 aromatic carbocycles. The smallest absolute Gasteiger partial charge is 0.0436 e. The Bertz CT molecular complexity index is 271. The third-order valence-electron chi connectivity index (χ3n) is 5.71. The summed E-state index contributed by atoms with van der Waals surface area (Å²) in [7, 11) is 0. The van der Waals surface area contributed by atoms with Gasteiger partial charge in [-0.1, -0.05) is 58.8 Å². The molecule has 2 nitrogen and oxygen atoms in total. The second-order valence-electron chi connectivity index (χ2n) is 7.97. The van der Waals surface area contributed by atoms with Crippen LogP contribution in [0.3, 0.4) is 0 Å². The Labute approximate surface area is 125 Å². The zero-order valence-electron chi connectivity index (χ0n) is 13.7. The Morgan fingerprint density at radius 1 is 0.950 bits per heavy atom. The van der Waals surface area contributed by atoms with Crippen LogP contribution in [0.1, 0.15) is 78.1 Å². The summed E-state index contributed by atoms with van der Waals surface area (Å²) in [5, 5.41) is 13.0. The highest BCUT2D eigenvalue weighted by Crippen LogP contribution is 2.38. The van der Waals surface area contributed by atoms with Crippen molar-refractivity contribution < 1.29 is 5.11 Å². The van der Waals surface area contributed by atoms with Gasteiger partial charge in [0.25, 0.3) is 0 Å². The molecule has 0 radical (unpaired) electrons. The molecule has 2 saturated carbocycles. The molecule has 2 heteroatoms. The quantitative estimate of drug-likeness (QED) is 0.767. The van der Waals surface area contributed by atoms with Crippen LogP contribution < -0.4 is 5.32 Å². The van der Waals surface area contributed by atoms with Crippen LogP contribution in [-0.2, 0) is 0 Å². The molecule has 2 aliphatic carbocycles. The van der Waals surface area contributed by atoms with Gasteiger partial charge in [0.15, 0.2) is 0 Å². The van der Waals surface area contributed by atoms with E-state index in [0.717, 1.165) is 30.8 Å². The third kappa shape index (κ3) is 4.73. The van der Waals surface area contributed by atoms with Crippen molar-refractivity contribution in [2.24, 2.45) is 17.3 Å². The van der Waals surface area contributed by atoms with Crippen molar-refractivity contribution in [3.05, 3.63) is 0 Å². The van der Waals surface area contributed by atoms with Gasteiger partial charge >= 0.3 is 0 Å². The van der Waals surface area contributed by atoms with Crippen LogP contribution in [-0.4, -0.2) is 24.3 Å². The van der Waals surface area contributed by atoms with E-state index in [2.05, 4.69) is 19.2 Å². The van der Waals surface area contributed by atoms with E-state index in [1.165, 1.54) is 57.8 Å². The topological polar surface area (TPSA) is 32.3 Å². The van der Waals surface area contributed by atoms with E-state index in [9.17, 15) is 0 Å². The standard InChI is InChI=1S/C18H35NO/c1-18(2,12-13-20)14-19-17-11-7-6-10-16(17)15-8-4-3-5-9-15/h15-17,19-20H,3-14H2,1-2H3. The number of aliphatic hydroxyl groups excluding tert-OH is 1. The zero-order chi connectivity index (χ0) is 14.4. The molecule has 0 aromatic rings. The lowest BCUT2D eigenvalue weighted by Crippen LogP contribution is -2.45. The van der Waals surface area contributed by atoms with E-state index < -0.39 is 0 Å². The van der Waals surface area contributed by atoms with E-state index >= 15 is 0 Å². The second kappa shape index (κ2) is 7.79. The van der Waals surface area contributed by atoms with Gasteiger partial charge in [0.05, 0.1) is 0 Å². The van der Waals surface area contributed by atoms with Gasteiger partial charge in [-0.2, -0.15) is 0 Å². The summed E-state index contributed by atoms with van der Waals surface area (Å²) in [5.41, 5.74) is 0.226. The first-order valence-electron chi connectivity index (χ1n) is 8.97. The molecule has 0 heterocycles. The van der Waals surface area contributed by atoms with Crippen molar-refractivity contribution in [3.63, 3.8) is 0 Å². The van der Waals surface area contributed by atoms with Gasteiger partial charge in [0.1, 0.15) is 0 Å². The Kier molecular flexibility index (Phi) is 6.35. The Hall–Kier alpha value is -0.0800. The Balaban J connectivity index is 1.86. The van der Waals surface area contributed by atoms with Gasteiger partial charge in [-0.05, 0) is 36.5 Å². The summed E-state index contributed by atoms with van der Waals surface area (Å²) < 4.78 is 0. The van der Waals surface area contributed by atoms with Crippen molar-refractivity contribution in [2.75, 3.05) is 13.2 Å². The van der Waals surface area contributed by atoms with Crippen LogP contribution in [0, 0.1) is 17.3 Å². The fraction of sp³-hybridized carbons (Fsp3) is 1.00. The Morgan fingerprint density at radius 3 is 2.30 bits per heavy atom. The van der Waals surface area contributed by atoms with Crippen LogP contribution in [0.5, 0.6) is 0 Å². The highest BCUT2D eigenvalue weighted by atomic mass is 16.3. The molecule has 0 saturated heterocycles. The average molecular weight is 281 g/mol. The third-order valence-corrected chi connectivity index (χ3v) is 5.71. The van der Waals surface area contributed by atoms with Gasteiger partial charge in [-0.3, -0.25) is 0 Å². The maximum atomic E-state index is 9.17. The summed E-state index contributed by atoms with van der Waals surface area (Å²) in [6, 6.07) is 0.741. The predicted molar refractivity (Wildman–Crippen MR) is 85.8 cm³/mol. The molecule has 2 rings (SSSR count). The number of aliphatic hydroxyl groups is 1. The van der Waals surface area contributed by atoms with Gasteiger partial charge < -0.3 is 10.4 Å². The van der Waals surface area contributed by atoms with Crippen molar-refractivity contribution in [1.29, 1.82) is 0 Å². The molecular weight excluding hydrogens is 246 g/mol. The maximum Gasteiger partial charge on any atom is 0.0436 e. The molecule has 0 bridgehead atoms. The SMILES string of the molecule is CC(C)(CCO)CNC1CCCCC1C1CCCCC1. The van der Waals surface area contributed by atoms with Crippen LogP contribution in [0.4, 0.5) is 0 Å².